The highest BCUT2D eigenvalue weighted by Gasteiger charge is 2.17. The van der Waals surface area contributed by atoms with Gasteiger partial charge in [0, 0.05) is 13.1 Å². The first kappa shape index (κ1) is 17.0. The number of methoxy groups -OCH3 is 1. The van der Waals surface area contributed by atoms with Gasteiger partial charge in [-0.1, -0.05) is 6.92 Å². The highest BCUT2D eigenvalue weighted by molar-refractivity contribution is 7.71. The van der Waals surface area contributed by atoms with E-state index in [0.717, 1.165) is 30.5 Å². The van der Waals surface area contributed by atoms with Crippen LogP contribution in [0.2, 0.25) is 0 Å². The van der Waals surface area contributed by atoms with E-state index in [1.807, 2.05) is 24.3 Å². The number of aromatic nitrogens is 2. The van der Waals surface area contributed by atoms with Crippen LogP contribution in [0.15, 0.2) is 28.7 Å². The third-order valence-corrected chi connectivity index (χ3v) is 4.57. The number of nitrogens with zero attached hydrogens (tertiary/aromatic N) is 3. The molecule has 7 heteroatoms. The van der Waals surface area contributed by atoms with E-state index < -0.39 is 0 Å². The Labute approximate surface area is 147 Å². The van der Waals surface area contributed by atoms with E-state index in [-0.39, 0.29) is 6.61 Å². The number of rotatable bonds is 6. The van der Waals surface area contributed by atoms with Gasteiger partial charge in [0.05, 0.1) is 13.8 Å². The van der Waals surface area contributed by atoms with Gasteiger partial charge in [-0.3, -0.25) is 4.90 Å². The van der Waals surface area contributed by atoms with Crippen LogP contribution in [0.4, 0.5) is 0 Å². The average Bonchev–Trinajstić information content (AvgIpc) is 2.95. The minimum Gasteiger partial charge on any atom is -0.497 e. The second kappa shape index (κ2) is 7.81. The van der Waals surface area contributed by atoms with Crippen molar-refractivity contribution >= 4 is 12.2 Å². The van der Waals surface area contributed by atoms with E-state index in [1.54, 1.807) is 11.8 Å². The van der Waals surface area contributed by atoms with Gasteiger partial charge in [-0.15, -0.1) is 5.10 Å². The zero-order chi connectivity index (χ0) is 16.9. The maximum atomic E-state index is 5.68. The highest BCUT2D eigenvalue weighted by Crippen LogP contribution is 2.19. The first-order valence-corrected chi connectivity index (χ1v) is 8.61. The fraction of sp³-hybridized carbons (Fsp3) is 0.529. The molecule has 1 aliphatic rings. The van der Waals surface area contributed by atoms with Crippen molar-refractivity contribution in [2.24, 2.45) is 5.92 Å². The predicted molar refractivity (Wildman–Crippen MR) is 92.6 cm³/mol. The van der Waals surface area contributed by atoms with E-state index in [1.165, 1.54) is 12.8 Å². The predicted octanol–water partition coefficient (Wildman–Crippen LogP) is 3.48. The van der Waals surface area contributed by atoms with Gasteiger partial charge in [-0.25, -0.2) is 4.68 Å². The van der Waals surface area contributed by atoms with E-state index in [2.05, 4.69) is 16.9 Å². The average molecular weight is 349 g/mol. The van der Waals surface area contributed by atoms with Crippen LogP contribution in [-0.2, 0) is 13.3 Å². The maximum Gasteiger partial charge on any atom is 0.288 e. The maximum absolute atomic E-state index is 5.68. The molecule has 0 aliphatic carbocycles. The van der Waals surface area contributed by atoms with Crippen LogP contribution in [0.5, 0.6) is 11.5 Å². The number of likely N-dealkylation sites (tertiary alicyclic amines) is 1. The van der Waals surface area contributed by atoms with Gasteiger partial charge in [0.2, 0.25) is 0 Å². The van der Waals surface area contributed by atoms with Crippen molar-refractivity contribution in [3.63, 3.8) is 0 Å². The number of ether oxygens (including phenoxy) is 2. The summed E-state index contributed by atoms with van der Waals surface area (Å²) >= 11 is 5.26. The zero-order valence-corrected chi connectivity index (χ0v) is 14.9. The Morgan fingerprint density at radius 3 is 2.54 bits per heavy atom. The summed E-state index contributed by atoms with van der Waals surface area (Å²) < 4.78 is 18.1. The highest BCUT2D eigenvalue weighted by atomic mass is 32.1. The lowest BCUT2D eigenvalue weighted by Crippen LogP contribution is -2.34. The Morgan fingerprint density at radius 1 is 1.21 bits per heavy atom. The van der Waals surface area contributed by atoms with Crippen molar-refractivity contribution < 1.29 is 13.9 Å². The summed E-state index contributed by atoms with van der Waals surface area (Å²) in [5, 5.41) is 4.43. The van der Waals surface area contributed by atoms with Crippen molar-refractivity contribution in [2.75, 3.05) is 20.2 Å². The second-order valence-corrected chi connectivity index (χ2v) is 6.52. The monoisotopic (exact) mass is 349 g/mol. The van der Waals surface area contributed by atoms with Crippen molar-refractivity contribution in [1.29, 1.82) is 0 Å². The molecule has 6 nitrogen and oxygen atoms in total. The van der Waals surface area contributed by atoms with Crippen LogP contribution in [-0.4, -0.2) is 34.9 Å². The molecule has 0 spiro atoms. The molecule has 0 amide bonds. The Morgan fingerprint density at radius 2 is 1.88 bits per heavy atom. The Hall–Kier alpha value is -1.86. The third kappa shape index (κ3) is 4.36. The lowest BCUT2D eigenvalue weighted by atomic mass is 10.00. The molecule has 0 unspecified atom stereocenters. The van der Waals surface area contributed by atoms with Gasteiger partial charge in [0.1, 0.15) is 11.5 Å². The Bertz CT molecular complexity index is 703. The summed E-state index contributed by atoms with van der Waals surface area (Å²) in [6.45, 7) is 5.38. The van der Waals surface area contributed by atoms with E-state index >= 15 is 0 Å². The van der Waals surface area contributed by atoms with Crippen LogP contribution in [0.1, 0.15) is 25.7 Å². The number of benzene rings is 1. The molecule has 1 fully saturated rings. The van der Waals surface area contributed by atoms with Crippen LogP contribution < -0.4 is 9.47 Å². The molecule has 24 heavy (non-hydrogen) atoms. The minimum atomic E-state index is 0.250. The lowest BCUT2D eigenvalue weighted by Gasteiger charge is -2.29. The lowest BCUT2D eigenvalue weighted by molar-refractivity contribution is 0.144. The van der Waals surface area contributed by atoms with Crippen molar-refractivity contribution in [3.8, 4) is 11.5 Å². The van der Waals surface area contributed by atoms with Crippen molar-refractivity contribution in [1.82, 2.24) is 14.7 Å². The van der Waals surface area contributed by atoms with Crippen molar-refractivity contribution in [2.45, 2.75) is 33.0 Å². The smallest absolute Gasteiger partial charge is 0.288 e. The number of piperidine rings is 1. The molecule has 1 aliphatic heterocycles. The van der Waals surface area contributed by atoms with Crippen LogP contribution in [0, 0.1) is 10.8 Å². The van der Waals surface area contributed by atoms with E-state index in [9.17, 15) is 0 Å². The number of hydrogen-bond acceptors (Lipinski definition) is 6. The normalized spacial score (nSPS) is 16.2. The fourth-order valence-corrected chi connectivity index (χ4v) is 2.90. The molecular formula is C17H23N3O3S. The third-order valence-electron chi connectivity index (χ3n) is 4.28. The van der Waals surface area contributed by atoms with Gasteiger partial charge >= 0.3 is 0 Å². The molecule has 0 N–H and O–H groups in total. The Balaban J connectivity index is 1.56. The number of hydrogen-bond donors (Lipinski definition) is 0. The quantitative estimate of drug-likeness (QED) is 0.744. The topological polar surface area (TPSA) is 52.7 Å². The van der Waals surface area contributed by atoms with E-state index in [4.69, 9.17) is 26.1 Å². The molecule has 0 radical (unpaired) electrons. The van der Waals surface area contributed by atoms with Gasteiger partial charge in [-0.05, 0) is 55.2 Å². The van der Waals surface area contributed by atoms with Gasteiger partial charge in [0.15, 0.2) is 6.61 Å². The van der Waals surface area contributed by atoms with Gasteiger partial charge < -0.3 is 13.9 Å². The molecule has 0 bridgehead atoms. The summed E-state index contributed by atoms with van der Waals surface area (Å²) in [4.78, 5) is 2.74. The molecule has 1 aromatic heterocycles. The summed E-state index contributed by atoms with van der Waals surface area (Å²) in [6, 6.07) is 7.39. The molecule has 0 atom stereocenters. The SMILES string of the molecule is COc1ccc(OCc2nn(CN3CCC(C)CC3)c(=S)o2)cc1. The van der Waals surface area contributed by atoms with Crippen LogP contribution in [0.25, 0.3) is 0 Å². The summed E-state index contributed by atoms with van der Waals surface area (Å²) in [6.07, 6.45) is 2.44. The van der Waals surface area contributed by atoms with Crippen LogP contribution >= 0.6 is 12.2 Å². The minimum absolute atomic E-state index is 0.250. The first-order chi connectivity index (χ1) is 11.6. The molecule has 130 valence electrons. The first-order valence-electron chi connectivity index (χ1n) is 8.20. The molecule has 0 saturated carbocycles. The molecule has 2 aromatic rings. The van der Waals surface area contributed by atoms with Crippen LogP contribution in [0.3, 0.4) is 0 Å². The standard InChI is InChI=1S/C17H23N3O3S/c1-13-7-9-19(10-8-13)12-20-17(24)23-16(18-20)11-22-15-5-3-14(21-2)4-6-15/h3-6,13H,7-12H2,1-2H3. The Kier molecular flexibility index (Phi) is 5.52. The van der Waals surface area contributed by atoms with Gasteiger partial charge in [0.25, 0.3) is 10.7 Å². The summed E-state index contributed by atoms with van der Waals surface area (Å²) in [5.41, 5.74) is 0. The molecular weight excluding hydrogens is 326 g/mol. The largest absolute Gasteiger partial charge is 0.497 e. The molecule has 1 saturated heterocycles. The van der Waals surface area contributed by atoms with E-state index in [0.29, 0.717) is 17.4 Å². The summed E-state index contributed by atoms with van der Waals surface area (Å²) in [7, 11) is 1.63. The molecule has 2 heterocycles. The second-order valence-electron chi connectivity index (χ2n) is 6.17. The zero-order valence-electron chi connectivity index (χ0n) is 14.1. The fourth-order valence-electron chi connectivity index (χ4n) is 2.71. The summed E-state index contributed by atoms with van der Waals surface area (Å²) in [5.74, 6) is 2.82. The molecule has 1 aromatic carbocycles. The van der Waals surface area contributed by atoms with Crippen molar-refractivity contribution in [3.05, 3.63) is 35.0 Å². The molecule has 3 rings (SSSR count). The van der Waals surface area contributed by atoms with Gasteiger partial charge in [-0.2, -0.15) is 0 Å².